The van der Waals surface area contributed by atoms with Crippen molar-refractivity contribution in [1.82, 2.24) is 0 Å². The van der Waals surface area contributed by atoms with Gasteiger partial charge in [-0.3, -0.25) is 0 Å². The molecule has 0 fully saturated rings. The molecule has 0 bridgehead atoms. The van der Waals surface area contributed by atoms with Crippen molar-refractivity contribution >= 4 is 0 Å². The SMILES string of the molecule is COc1ccccc1Cc1cc(C)c2cc(C(C)C)ccc(C)c1-2. The van der Waals surface area contributed by atoms with Crippen LogP contribution in [0.5, 0.6) is 5.75 Å². The van der Waals surface area contributed by atoms with Gasteiger partial charge >= 0.3 is 0 Å². The van der Waals surface area contributed by atoms with E-state index >= 15 is 0 Å². The minimum absolute atomic E-state index is 0.534. The van der Waals surface area contributed by atoms with E-state index in [4.69, 9.17) is 4.74 Å². The van der Waals surface area contributed by atoms with E-state index in [-0.39, 0.29) is 0 Å². The molecule has 1 nitrogen and oxygen atoms in total. The Hall–Kier alpha value is -2.28. The molecule has 2 aliphatic carbocycles. The Morgan fingerprint density at radius 3 is 2.33 bits per heavy atom. The van der Waals surface area contributed by atoms with E-state index in [9.17, 15) is 0 Å². The predicted molar refractivity (Wildman–Crippen MR) is 102 cm³/mol. The van der Waals surface area contributed by atoms with Crippen molar-refractivity contribution in [2.24, 2.45) is 0 Å². The van der Waals surface area contributed by atoms with Gasteiger partial charge in [-0.25, -0.2) is 0 Å². The molecular formula is C23H26O. The van der Waals surface area contributed by atoms with Crippen LogP contribution in [0.15, 0.2) is 48.5 Å². The molecule has 3 rings (SSSR count). The van der Waals surface area contributed by atoms with Crippen LogP contribution in [0.3, 0.4) is 0 Å². The molecule has 0 radical (unpaired) electrons. The first-order chi connectivity index (χ1) is 11.5. The first-order valence-corrected chi connectivity index (χ1v) is 8.66. The number of ether oxygens (including phenoxy) is 1. The molecule has 0 heterocycles. The first kappa shape index (κ1) is 16.6. The molecule has 0 N–H and O–H groups in total. The molecule has 0 atom stereocenters. The van der Waals surface area contributed by atoms with E-state index in [2.05, 4.69) is 64.1 Å². The average molecular weight is 318 g/mol. The first-order valence-electron chi connectivity index (χ1n) is 8.66. The van der Waals surface area contributed by atoms with Gasteiger partial charge < -0.3 is 4.74 Å². The molecule has 0 spiro atoms. The molecule has 0 aliphatic heterocycles. The lowest BCUT2D eigenvalue weighted by Crippen LogP contribution is -1.94. The predicted octanol–water partition coefficient (Wildman–Crippen LogP) is 6.13. The summed E-state index contributed by atoms with van der Waals surface area (Å²) in [6.07, 6.45) is 0.899. The van der Waals surface area contributed by atoms with Crippen LogP contribution in [0, 0.1) is 13.8 Å². The highest BCUT2D eigenvalue weighted by molar-refractivity contribution is 5.78. The summed E-state index contributed by atoms with van der Waals surface area (Å²) in [5, 5.41) is 0. The van der Waals surface area contributed by atoms with Gasteiger partial charge in [0.1, 0.15) is 5.75 Å². The number of hydrogen-bond acceptors (Lipinski definition) is 1. The summed E-state index contributed by atoms with van der Waals surface area (Å²) < 4.78 is 5.54. The molecule has 1 aromatic rings. The standard InChI is InChI=1S/C23H26O/c1-15(2)18-11-10-16(3)23-20(12-17(4)21(23)14-18)13-19-8-6-7-9-22(19)24-5/h6-12,14-15H,13H2,1-5H3. The van der Waals surface area contributed by atoms with E-state index in [0.717, 1.165) is 12.2 Å². The van der Waals surface area contributed by atoms with Gasteiger partial charge in [0.25, 0.3) is 0 Å². The summed E-state index contributed by atoms with van der Waals surface area (Å²) in [7, 11) is 1.74. The minimum atomic E-state index is 0.534. The number of benzene rings is 1. The Morgan fingerprint density at radius 2 is 1.62 bits per heavy atom. The summed E-state index contributed by atoms with van der Waals surface area (Å²) in [4.78, 5) is 0. The lowest BCUT2D eigenvalue weighted by molar-refractivity contribution is 0.410. The van der Waals surface area contributed by atoms with E-state index in [0.29, 0.717) is 5.92 Å². The minimum Gasteiger partial charge on any atom is -0.496 e. The Bertz CT molecular complexity index is 830. The lowest BCUT2D eigenvalue weighted by atomic mass is 9.97. The number of para-hydroxylation sites is 1. The highest BCUT2D eigenvalue weighted by Crippen LogP contribution is 2.38. The van der Waals surface area contributed by atoms with Gasteiger partial charge in [-0.1, -0.05) is 56.3 Å². The lowest BCUT2D eigenvalue weighted by Gasteiger charge is -2.10. The van der Waals surface area contributed by atoms with E-state index < -0.39 is 0 Å². The fraction of sp³-hybridized carbons (Fsp3) is 0.304. The molecule has 0 saturated carbocycles. The monoisotopic (exact) mass is 318 g/mol. The largest absolute Gasteiger partial charge is 0.496 e. The molecule has 0 unspecified atom stereocenters. The fourth-order valence-electron chi connectivity index (χ4n) is 3.51. The van der Waals surface area contributed by atoms with Gasteiger partial charge in [0.15, 0.2) is 0 Å². The molecule has 1 heteroatoms. The molecular weight excluding hydrogens is 292 g/mol. The van der Waals surface area contributed by atoms with Crippen molar-refractivity contribution in [2.45, 2.75) is 40.0 Å². The third-order valence-electron chi connectivity index (χ3n) is 4.88. The Labute approximate surface area is 145 Å². The Morgan fingerprint density at radius 1 is 0.875 bits per heavy atom. The van der Waals surface area contributed by atoms with Crippen LogP contribution in [0.1, 0.15) is 47.6 Å². The molecule has 0 amide bonds. The topological polar surface area (TPSA) is 9.23 Å². The molecule has 124 valence electrons. The van der Waals surface area contributed by atoms with Crippen molar-refractivity contribution in [3.8, 4) is 16.9 Å². The Kier molecular flexibility index (Phi) is 4.62. The van der Waals surface area contributed by atoms with Gasteiger partial charge in [0.2, 0.25) is 0 Å². The van der Waals surface area contributed by atoms with Gasteiger partial charge in [-0.05, 0) is 64.8 Å². The summed E-state index contributed by atoms with van der Waals surface area (Å²) in [5.41, 5.74) is 9.49. The van der Waals surface area contributed by atoms with Crippen molar-refractivity contribution in [3.05, 3.63) is 76.3 Å². The molecule has 24 heavy (non-hydrogen) atoms. The smallest absolute Gasteiger partial charge is 0.122 e. The Balaban J connectivity index is 2.12. The number of methoxy groups -OCH3 is 1. The maximum Gasteiger partial charge on any atom is 0.122 e. The van der Waals surface area contributed by atoms with E-state index in [1.165, 1.54) is 38.9 Å². The van der Waals surface area contributed by atoms with E-state index in [1.54, 1.807) is 7.11 Å². The normalized spacial score (nSPS) is 11.2. The quantitative estimate of drug-likeness (QED) is 0.562. The van der Waals surface area contributed by atoms with Crippen LogP contribution in [0.25, 0.3) is 11.1 Å². The van der Waals surface area contributed by atoms with Crippen LogP contribution in [0.4, 0.5) is 0 Å². The van der Waals surface area contributed by atoms with Gasteiger partial charge in [0.05, 0.1) is 7.11 Å². The van der Waals surface area contributed by atoms with Crippen LogP contribution in [-0.4, -0.2) is 7.11 Å². The van der Waals surface area contributed by atoms with Crippen molar-refractivity contribution in [3.63, 3.8) is 0 Å². The number of hydrogen-bond donors (Lipinski definition) is 0. The van der Waals surface area contributed by atoms with Crippen LogP contribution in [-0.2, 0) is 6.42 Å². The van der Waals surface area contributed by atoms with Gasteiger partial charge in [-0.2, -0.15) is 0 Å². The number of aryl methyl sites for hydroxylation is 2. The molecule has 0 saturated heterocycles. The van der Waals surface area contributed by atoms with Crippen LogP contribution >= 0.6 is 0 Å². The maximum atomic E-state index is 5.54. The molecule has 2 aliphatic rings. The zero-order valence-electron chi connectivity index (χ0n) is 15.3. The maximum absolute atomic E-state index is 5.54. The highest BCUT2D eigenvalue weighted by atomic mass is 16.5. The average Bonchev–Trinajstić information content (AvgIpc) is 2.75. The summed E-state index contributed by atoms with van der Waals surface area (Å²) >= 11 is 0. The van der Waals surface area contributed by atoms with Gasteiger partial charge in [-0.15, -0.1) is 0 Å². The second-order valence-electron chi connectivity index (χ2n) is 6.95. The highest BCUT2D eigenvalue weighted by Gasteiger charge is 2.17. The van der Waals surface area contributed by atoms with E-state index in [1.807, 2.05) is 12.1 Å². The molecule has 1 aromatic carbocycles. The summed E-state index contributed by atoms with van der Waals surface area (Å²) in [6.45, 7) is 8.95. The number of fused-ring (bicyclic) bond motifs is 1. The van der Waals surface area contributed by atoms with Crippen LogP contribution in [0.2, 0.25) is 0 Å². The molecule has 0 aromatic heterocycles. The second kappa shape index (κ2) is 6.68. The summed E-state index contributed by atoms with van der Waals surface area (Å²) in [6, 6.07) is 17.6. The van der Waals surface area contributed by atoms with Crippen LogP contribution < -0.4 is 4.74 Å². The fourth-order valence-corrected chi connectivity index (χ4v) is 3.51. The zero-order chi connectivity index (χ0) is 17.3. The second-order valence-corrected chi connectivity index (χ2v) is 6.95. The van der Waals surface area contributed by atoms with Crippen molar-refractivity contribution in [2.75, 3.05) is 7.11 Å². The third-order valence-corrected chi connectivity index (χ3v) is 4.88. The zero-order valence-corrected chi connectivity index (χ0v) is 15.3. The van der Waals surface area contributed by atoms with Gasteiger partial charge in [0, 0.05) is 6.42 Å². The summed E-state index contributed by atoms with van der Waals surface area (Å²) in [5.74, 6) is 1.50. The van der Waals surface area contributed by atoms with Crippen molar-refractivity contribution < 1.29 is 4.74 Å². The number of rotatable bonds is 4. The third kappa shape index (κ3) is 3.03. The van der Waals surface area contributed by atoms with Crippen molar-refractivity contribution in [1.29, 1.82) is 0 Å².